The van der Waals surface area contributed by atoms with Crippen LogP contribution in [-0.2, 0) is 16.1 Å². The maximum atomic E-state index is 11.2. The van der Waals surface area contributed by atoms with E-state index < -0.39 is 0 Å². The predicted octanol–water partition coefficient (Wildman–Crippen LogP) is 2.98. The zero-order valence-electron chi connectivity index (χ0n) is 12.3. The molecule has 21 heavy (non-hydrogen) atoms. The van der Waals surface area contributed by atoms with Crippen molar-refractivity contribution >= 4 is 16.7 Å². The van der Waals surface area contributed by atoms with E-state index in [1.54, 1.807) is 13.0 Å². The zero-order chi connectivity index (χ0) is 15.1. The summed E-state index contributed by atoms with van der Waals surface area (Å²) in [6.07, 6.45) is 1.15. The zero-order valence-corrected chi connectivity index (χ0v) is 12.3. The molecule has 0 unspecified atom stereocenters. The Morgan fingerprint density at radius 3 is 2.86 bits per heavy atom. The van der Waals surface area contributed by atoms with Gasteiger partial charge in [-0.15, -0.1) is 0 Å². The second kappa shape index (κ2) is 7.64. The minimum atomic E-state index is -0.160. The van der Waals surface area contributed by atoms with Crippen LogP contribution < -0.4 is 5.32 Å². The smallest absolute Gasteiger partial charge is 0.305 e. The van der Waals surface area contributed by atoms with E-state index in [0.29, 0.717) is 31.9 Å². The fourth-order valence-corrected chi connectivity index (χ4v) is 2.31. The fourth-order valence-electron chi connectivity index (χ4n) is 2.31. The molecule has 0 atom stereocenters. The molecule has 0 aromatic heterocycles. The van der Waals surface area contributed by atoms with E-state index in [9.17, 15) is 9.90 Å². The molecular weight excluding hydrogens is 266 g/mol. The van der Waals surface area contributed by atoms with Gasteiger partial charge < -0.3 is 15.2 Å². The molecule has 0 aliphatic heterocycles. The van der Waals surface area contributed by atoms with Gasteiger partial charge in [-0.25, -0.2) is 0 Å². The van der Waals surface area contributed by atoms with Gasteiger partial charge in [0.15, 0.2) is 0 Å². The second-order valence-corrected chi connectivity index (χ2v) is 4.87. The van der Waals surface area contributed by atoms with Gasteiger partial charge in [-0.05, 0) is 36.7 Å². The highest BCUT2D eigenvalue weighted by Gasteiger charge is 2.06. The van der Waals surface area contributed by atoms with Gasteiger partial charge in [0.05, 0.1) is 6.61 Å². The van der Waals surface area contributed by atoms with Crippen molar-refractivity contribution in [3.63, 3.8) is 0 Å². The number of carbonyl (C=O) groups excluding carboxylic acids is 1. The van der Waals surface area contributed by atoms with Gasteiger partial charge in [0.2, 0.25) is 0 Å². The number of phenols is 1. The van der Waals surface area contributed by atoms with Gasteiger partial charge in [-0.3, -0.25) is 4.79 Å². The largest absolute Gasteiger partial charge is 0.508 e. The molecule has 2 aromatic carbocycles. The normalized spacial score (nSPS) is 10.7. The summed E-state index contributed by atoms with van der Waals surface area (Å²) in [5, 5.41) is 15.4. The maximum Gasteiger partial charge on any atom is 0.305 e. The van der Waals surface area contributed by atoms with Crippen LogP contribution >= 0.6 is 0 Å². The first-order valence-corrected chi connectivity index (χ1v) is 7.28. The Labute approximate surface area is 124 Å². The van der Waals surface area contributed by atoms with Crippen molar-refractivity contribution < 1.29 is 14.6 Å². The molecule has 0 heterocycles. The van der Waals surface area contributed by atoms with E-state index in [1.807, 2.05) is 30.3 Å². The van der Waals surface area contributed by atoms with Crippen LogP contribution in [0.5, 0.6) is 5.75 Å². The third-order valence-electron chi connectivity index (χ3n) is 3.36. The van der Waals surface area contributed by atoms with Gasteiger partial charge >= 0.3 is 5.97 Å². The molecule has 112 valence electrons. The molecule has 0 aliphatic carbocycles. The van der Waals surface area contributed by atoms with Crippen molar-refractivity contribution in [2.24, 2.45) is 0 Å². The first-order valence-electron chi connectivity index (χ1n) is 7.28. The molecule has 2 rings (SSSR count). The Balaban J connectivity index is 1.89. The van der Waals surface area contributed by atoms with E-state index in [4.69, 9.17) is 4.74 Å². The molecule has 0 amide bonds. The van der Waals surface area contributed by atoms with Crippen molar-refractivity contribution in [3.8, 4) is 5.75 Å². The standard InChI is InChI=1S/C17H21NO3/c1-2-21-17(20)8-5-11-18-12-15-14-7-4-3-6-13(14)9-10-16(15)19/h3-4,6-7,9-10,18-19H,2,5,8,11-12H2,1H3. The SMILES string of the molecule is CCOC(=O)CCCNCc1c(O)ccc2ccccc12. The number of fused-ring (bicyclic) bond motifs is 1. The van der Waals surface area contributed by atoms with Gasteiger partial charge in [-0.2, -0.15) is 0 Å². The number of phenolic OH excluding ortho intramolecular Hbond substituents is 1. The molecule has 0 spiro atoms. The number of nitrogens with one attached hydrogen (secondary N) is 1. The van der Waals surface area contributed by atoms with E-state index in [0.717, 1.165) is 22.8 Å². The lowest BCUT2D eigenvalue weighted by Crippen LogP contribution is -2.16. The van der Waals surface area contributed by atoms with E-state index in [1.165, 1.54) is 0 Å². The van der Waals surface area contributed by atoms with Crippen molar-refractivity contribution in [2.45, 2.75) is 26.3 Å². The summed E-state index contributed by atoms with van der Waals surface area (Å²) in [4.78, 5) is 11.2. The fraction of sp³-hybridized carbons (Fsp3) is 0.353. The van der Waals surface area contributed by atoms with E-state index >= 15 is 0 Å². The van der Waals surface area contributed by atoms with Crippen LogP contribution in [0.2, 0.25) is 0 Å². The summed E-state index contributed by atoms with van der Waals surface area (Å²) in [6.45, 7) is 3.52. The number of benzene rings is 2. The Morgan fingerprint density at radius 2 is 2.05 bits per heavy atom. The van der Waals surface area contributed by atoms with Crippen molar-refractivity contribution in [1.29, 1.82) is 0 Å². The second-order valence-electron chi connectivity index (χ2n) is 4.87. The predicted molar refractivity (Wildman–Crippen MR) is 83.2 cm³/mol. The van der Waals surface area contributed by atoms with Crippen LogP contribution in [0.4, 0.5) is 0 Å². The molecule has 2 aromatic rings. The Bertz CT molecular complexity index is 610. The van der Waals surface area contributed by atoms with Crippen molar-refractivity contribution in [3.05, 3.63) is 42.0 Å². The molecule has 0 bridgehead atoms. The van der Waals surface area contributed by atoms with Crippen LogP contribution in [-0.4, -0.2) is 24.2 Å². The minimum absolute atomic E-state index is 0.160. The van der Waals surface area contributed by atoms with Crippen LogP contribution in [0.1, 0.15) is 25.3 Å². The monoisotopic (exact) mass is 287 g/mol. The van der Waals surface area contributed by atoms with Crippen molar-refractivity contribution in [2.75, 3.05) is 13.2 Å². The summed E-state index contributed by atoms with van der Waals surface area (Å²) >= 11 is 0. The molecule has 2 N–H and O–H groups in total. The van der Waals surface area contributed by atoms with Crippen LogP contribution in [0.25, 0.3) is 10.8 Å². The molecule has 0 radical (unpaired) electrons. The first-order chi connectivity index (χ1) is 10.2. The van der Waals surface area contributed by atoms with Crippen LogP contribution in [0, 0.1) is 0 Å². The summed E-state index contributed by atoms with van der Waals surface area (Å²) in [6, 6.07) is 11.6. The lowest BCUT2D eigenvalue weighted by molar-refractivity contribution is -0.143. The number of aromatic hydroxyl groups is 1. The molecule has 4 nitrogen and oxygen atoms in total. The lowest BCUT2D eigenvalue weighted by Gasteiger charge is -2.10. The van der Waals surface area contributed by atoms with Crippen LogP contribution in [0.3, 0.4) is 0 Å². The highest BCUT2D eigenvalue weighted by molar-refractivity contribution is 5.87. The Hall–Kier alpha value is -2.07. The minimum Gasteiger partial charge on any atom is -0.508 e. The highest BCUT2D eigenvalue weighted by Crippen LogP contribution is 2.26. The number of hydrogen-bond acceptors (Lipinski definition) is 4. The van der Waals surface area contributed by atoms with E-state index in [-0.39, 0.29) is 5.97 Å². The summed E-state index contributed by atoms with van der Waals surface area (Å²) in [7, 11) is 0. The molecule has 4 heteroatoms. The topological polar surface area (TPSA) is 58.6 Å². The summed E-state index contributed by atoms with van der Waals surface area (Å²) < 4.78 is 4.88. The molecule has 0 saturated heterocycles. The highest BCUT2D eigenvalue weighted by atomic mass is 16.5. The number of rotatable bonds is 7. The molecular formula is C17H21NO3. The average Bonchev–Trinajstić information content (AvgIpc) is 2.49. The molecule has 0 aliphatic rings. The first kappa shape index (κ1) is 15.3. The third-order valence-corrected chi connectivity index (χ3v) is 3.36. The molecule has 0 saturated carbocycles. The summed E-state index contributed by atoms with van der Waals surface area (Å²) in [5.74, 6) is 0.138. The number of hydrogen-bond donors (Lipinski definition) is 2. The van der Waals surface area contributed by atoms with Gasteiger partial charge in [0, 0.05) is 18.5 Å². The number of carbonyl (C=O) groups is 1. The Morgan fingerprint density at radius 1 is 1.24 bits per heavy atom. The molecule has 0 fully saturated rings. The van der Waals surface area contributed by atoms with Crippen LogP contribution in [0.15, 0.2) is 36.4 Å². The van der Waals surface area contributed by atoms with E-state index in [2.05, 4.69) is 5.32 Å². The summed E-state index contributed by atoms with van der Waals surface area (Å²) in [5.41, 5.74) is 0.893. The maximum absolute atomic E-state index is 11.2. The van der Waals surface area contributed by atoms with Gasteiger partial charge in [-0.1, -0.05) is 30.3 Å². The number of esters is 1. The third kappa shape index (κ3) is 4.20. The van der Waals surface area contributed by atoms with Gasteiger partial charge in [0.25, 0.3) is 0 Å². The Kier molecular flexibility index (Phi) is 5.58. The average molecular weight is 287 g/mol. The van der Waals surface area contributed by atoms with Crippen molar-refractivity contribution in [1.82, 2.24) is 5.32 Å². The van der Waals surface area contributed by atoms with Gasteiger partial charge in [0.1, 0.15) is 5.75 Å². The number of ether oxygens (including phenoxy) is 1. The lowest BCUT2D eigenvalue weighted by atomic mass is 10.0. The quantitative estimate of drug-likeness (QED) is 0.607.